The molecule has 3 N–H and O–H groups in total. The van der Waals surface area contributed by atoms with Gasteiger partial charge in [0, 0.05) is 24.9 Å². The number of halogens is 1. The number of H-pyrrole nitrogens is 1. The van der Waals surface area contributed by atoms with E-state index in [0.29, 0.717) is 24.5 Å². The molecule has 22 heavy (non-hydrogen) atoms. The molecule has 0 radical (unpaired) electrons. The van der Waals surface area contributed by atoms with Crippen molar-refractivity contribution >= 4 is 16.9 Å². The molecule has 0 bridgehead atoms. The van der Waals surface area contributed by atoms with Gasteiger partial charge in [-0.2, -0.15) is 0 Å². The van der Waals surface area contributed by atoms with E-state index >= 15 is 0 Å². The normalized spacial score (nSPS) is 21.9. The van der Waals surface area contributed by atoms with Crippen LogP contribution in [-0.4, -0.2) is 35.0 Å². The van der Waals surface area contributed by atoms with E-state index in [4.69, 9.17) is 0 Å². The molecule has 0 spiro atoms. The van der Waals surface area contributed by atoms with Crippen molar-refractivity contribution < 1.29 is 9.18 Å². The molecule has 1 aromatic carbocycles. The third kappa shape index (κ3) is 3.44. The Bertz CT molecular complexity index is 669. The van der Waals surface area contributed by atoms with Crippen molar-refractivity contribution in [2.24, 2.45) is 5.92 Å². The number of hydrogen-bond acceptors (Lipinski definition) is 3. The molecule has 2 aromatic rings. The number of rotatable bonds is 4. The van der Waals surface area contributed by atoms with Crippen molar-refractivity contribution in [3.8, 4) is 0 Å². The lowest BCUT2D eigenvalue weighted by molar-refractivity contribution is -0.126. The summed E-state index contributed by atoms with van der Waals surface area (Å²) in [7, 11) is 0. The lowest BCUT2D eigenvalue weighted by Crippen LogP contribution is -2.42. The van der Waals surface area contributed by atoms with E-state index in [1.54, 1.807) is 6.07 Å². The van der Waals surface area contributed by atoms with Gasteiger partial charge in [-0.3, -0.25) is 4.79 Å². The van der Waals surface area contributed by atoms with Gasteiger partial charge in [0.1, 0.15) is 11.6 Å². The summed E-state index contributed by atoms with van der Waals surface area (Å²) in [6.45, 7) is 3.54. The Labute approximate surface area is 128 Å². The van der Waals surface area contributed by atoms with Gasteiger partial charge in [0.2, 0.25) is 5.91 Å². The van der Waals surface area contributed by atoms with Crippen LogP contribution in [0, 0.1) is 11.7 Å². The predicted octanol–water partition coefficient (Wildman–Crippen LogP) is 1.75. The van der Waals surface area contributed by atoms with Crippen LogP contribution in [0.5, 0.6) is 0 Å². The topological polar surface area (TPSA) is 69.8 Å². The van der Waals surface area contributed by atoms with Gasteiger partial charge < -0.3 is 15.6 Å². The molecule has 5 nitrogen and oxygen atoms in total. The molecule has 0 aliphatic carbocycles. The minimum atomic E-state index is -0.281. The molecule has 1 aliphatic rings. The molecule has 2 atom stereocenters. The number of nitrogens with zero attached hydrogens (tertiary/aromatic N) is 1. The highest BCUT2D eigenvalue weighted by Crippen LogP contribution is 2.16. The lowest BCUT2D eigenvalue weighted by atomic mass is 9.92. The molecule has 1 aromatic heterocycles. The smallest absolute Gasteiger partial charge is 0.223 e. The van der Waals surface area contributed by atoms with Crippen molar-refractivity contribution in [1.29, 1.82) is 0 Å². The molecule has 2 heterocycles. The minimum Gasteiger partial charge on any atom is -0.355 e. The Morgan fingerprint density at radius 2 is 2.36 bits per heavy atom. The van der Waals surface area contributed by atoms with E-state index in [-0.39, 0.29) is 17.6 Å². The summed E-state index contributed by atoms with van der Waals surface area (Å²) < 4.78 is 13.1. The number of carbonyl (C=O) groups is 1. The molecule has 6 heteroatoms. The molecule has 1 aliphatic heterocycles. The fourth-order valence-corrected chi connectivity index (χ4v) is 2.97. The number of amides is 1. The van der Waals surface area contributed by atoms with Crippen LogP contribution >= 0.6 is 0 Å². The molecule has 3 rings (SSSR count). The number of aromatic nitrogens is 2. The molecule has 1 amide bonds. The van der Waals surface area contributed by atoms with E-state index in [2.05, 4.69) is 27.5 Å². The van der Waals surface area contributed by atoms with Gasteiger partial charge in [0.05, 0.1) is 11.0 Å². The first-order chi connectivity index (χ1) is 10.6. The lowest BCUT2D eigenvalue weighted by Gasteiger charge is -2.27. The van der Waals surface area contributed by atoms with Crippen LogP contribution in [0.15, 0.2) is 18.2 Å². The van der Waals surface area contributed by atoms with E-state index < -0.39 is 0 Å². The average Bonchev–Trinajstić information content (AvgIpc) is 2.89. The van der Waals surface area contributed by atoms with E-state index in [0.717, 1.165) is 30.7 Å². The zero-order valence-corrected chi connectivity index (χ0v) is 12.7. The molecule has 1 fully saturated rings. The molecule has 118 valence electrons. The number of carbonyl (C=O) groups excluding carboxylic acids is 1. The maximum atomic E-state index is 13.1. The van der Waals surface area contributed by atoms with Gasteiger partial charge in [-0.25, -0.2) is 9.37 Å². The van der Waals surface area contributed by atoms with Crippen LogP contribution in [0.3, 0.4) is 0 Å². The summed E-state index contributed by atoms with van der Waals surface area (Å²) in [6, 6.07) is 4.88. The molecule has 1 saturated heterocycles. The van der Waals surface area contributed by atoms with Gasteiger partial charge in [0.25, 0.3) is 0 Å². The van der Waals surface area contributed by atoms with Crippen LogP contribution in [0.1, 0.15) is 25.6 Å². The van der Waals surface area contributed by atoms with Gasteiger partial charge in [-0.15, -0.1) is 0 Å². The van der Waals surface area contributed by atoms with Crippen LogP contribution in [0.4, 0.5) is 4.39 Å². The number of hydrogen-bond donors (Lipinski definition) is 3. The average molecular weight is 304 g/mol. The number of benzene rings is 1. The highest BCUT2D eigenvalue weighted by molar-refractivity contribution is 5.79. The summed E-state index contributed by atoms with van der Waals surface area (Å²) >= 11 is 0. The van der Waals surface area contributed by atoms with Gasteiger partial charge >= 0.3 is 0 Å². The Hall–Kier alpha value is -1.95. The summed E-state index contributed by atoms with van der Waals surface area (Å²) in [4.78, 5) is 19.6. The second-order valence-electron chi connectivity index (χ2n) is 5.96. The van der Waals surface area contributed by atoms with Gasteiger partial charge in [-0.05, 0) is 44.5 Å². The molecular weight excluding hydrogens is 283 g/mol. The van der Waals surface area contributed by atoms with Crippen molar-refractivity contribution in [2.75, 3.05) is 13.1 Å². The van der Waals surface area contributed by atoms with Crippen LogP contribution < -0.4 is 10.6 Å². The highest BCUT2D eigenvalue weighted by atomic mass is 19.1. The summed E-state index contributed by atoms with van der Waals surface area (Å²) in [5.41, 5.74) is 1.43. The van der Waals surface area contributed by atoms with E-state index in [1.807, 2.05) is 0 Å². The van der Waals surface area contributed by atoms with Gasteiger partial charge in [-0.1, -0.05) is 0 Å². The van der Waals surface area contributed by atoms with Crippen LogP contribution in [-0.2, 0) is 11.2 Å². The fraction of sp³-hybridized carbons (Fsp3) is 0.500. The van der Waals surface area contributed by atoms with Gasteiger partial charge in [0.15, 0.2) is 0 Å². The third-order valence-corrected chi connectivity index (χ3v) is 4.15. The second-order valence-corrected chi connectivity index (χ2v) is 5.96. The summed E-state index contributed by atoms with van der Waals surface area (Å²) in [6.07, 6.45) is 2.39. The quantitative estimate of drug-likeness (QED) is 0.806. The first kappa shape index (κ1) is 15.0. The van der Waals surface area contributed by atoms with Crippen molar-refractivity contribution in [2.45, 2.75) is 32.2 Å². The zero-order valence-electron chi connectivity index (χ0n) is 12.7. The molecule has 0 saturated carbocycles. The Kier molecular flexibility index (Phi) is 4.38. The number of fused-ring (bicyclic) bond motifs is 1. The largest absolute Gasteiger partial charge is 0.355 e. The summed E-state index contributed by atoms with van der Waals surface area (Å²) in [5, 5.41) is 6.32. The number of piperidine rings is 1. The minimum absolute atomic E-state index is 0.0982. The highest BCUT2D eigenvalue weighted by Gasteiger charge is 2.24. The first-order valence-electron chi connectivity index (χ1n) is 7.77. The third-order valence-electron chi connectivity index (χ3n) is 4.15. The number of nitrogens with one attached hydrogen (secondary N) is 3. The zero-order chi connectivity index (χ0) is 15.5. The SMILES string of the molecule is C[C@H]1C[C@@H](C(=O)NCCc2nc3ccc(F)cc3[nH]2)CCN1. The fourth-order valence-electron chi connectivity index (χ4n) is 2.97. The van der Waals surface area contributed by atoms with Crippen molar-refractivity contribution in [1.82, 2.24) is 20.6 Å². The number of imidazole rings is 1. The molecule has 0 unspecified atom stereocenters. The molecular formula is C16H21FN4O. The standard InChI is InChI=1S/C16H21FN4O/c1-10-8-11(4-6-18-10)16(22)19-7-5-15-20-13-3-2-12(17)9-14(13)21-15/h2-3,9-11,18H,4-8H2,1H3,(H,19,22)(H,20,21)/t10-,11-/m0/s1. The maximum Gasteiger partial charge on any atom is 0.223 e. The van der Waals surface area contributed by atoms with Crippen LogP contribution in [0.2, 0.25) is 0 Å². The Balaban J connectivity index is 1.52. The predicted molar refractivity (Wildman–Crippen MR) is 83.0 cm³/mol. The van der Waals surface area contributed by atoms with E-state index in [1.165, 1.54) is 12.1 Å². The monoisotopic (exact) mass is 304 g/mol. The van der Waals surface area contributed by atoms with Crippen LogP contribution in [0.25, 0.3) is 11.0 Å². The maximum absolute atomic E-state index is 13.1. The second kappa shape index (κ2) is 6.44. The van der Waals surface area contributed by atoms with E-state index in [9.17, 15) is 9.18 Å². The Morgan fingerprint density at radius 1 is 1.50 bits per heavy atom. The first-order valence-corrected chi connectivity index (χ1v) is 7.77. The number of aromatic amines is 1. The summed E-state index contributed by atoms with van der Waals surface area (Å²) in [5.74, 6) is 0.701. The van der Waals surface area contributed by atoms with Crippen molar-refractivity contribution in [3.05, 3.63) is 29.8 Å². The Morgan fingerprint density at radius 3 is 3.18 bits per heavy atom. The van der Waals surface area contributed by atoms with Crippen molar-refractivity contribution in [3.63, 3.8) is 0 Å².